The summed E-state index contributed by atoms with van der Waals surface area (Å²) in [6.45, 7) is 7.12. The van der Waals surface area contributed by atoms with Gasteiger partial charge in [0.2, 0.25) is 5.95 Å². The maximum atomic E-state index is 4.72. The molecule has 0 unspecified atom stereocenters. The van der Waals surface area contributed by atoms with E-state index < -0.39 is 0 Å². The fourth-order valence-corrected chi connectivity index (χ4v) is 3.03. The van der Waals surface area contributed by atoms with Crippen molar-refractivity contribution in [3.05, 3.63) is 11.4 Å². The number of rotatable bonds is 4. The lowest BCUT2D eigenvalue weighted by molar-refractivity contribution is 0.586. The molecule has 3 rings (SSSR count). The Morgan fingerprint density at radius 3 is 3.00 bits per heavy atom. The molecule has 1 aliphatic rings. The first kappa shape index (κ1) is 12.6. The van der Waals surface area contributed by atoms with Crippen LogP contribution < -0.4 is 15.5 Å². The number of nitrogens with zero attached hydrogens (tertiary/aromatic N) is 3. The molecule has 6 heteroatoms. The lowest BCUT2D eigenvalue weighted by atomic mass is 10.3. The van der Waals surface area contributed by atoms with Crippen LogP contribution in [-0.2, 0) is 0 Å². The first-order valence-corrected chi connectivity index (χ1v) is 7.71. The summed E-state index contributed by atoms with van der Waals surface area (Å²) in [5, 5.41) is 9.94. The van der Waals surface area contributed by atoms with Crippen LogP contribution in [0.15, 0.2) is 11.4 Å². The number of aromatic nitrogens is 2. The van der Waals surface area contributed by atoms with Crippen LogP contribution in [0.25, 0.3) is 10.2 Å². The maximum Gasteiger partial charge on any atom is 0.226 e. The van der Waals surface area contributed by atoms with Gasteiger partial charge >= 0.3 is 0 Å². The molecule has 2 N–H and O–H groups in total. The van der Waals surface area contributed by atoms with Gasteiger partial charge in [0, 0.05) is 32.7 Å². The van der Waals surface area contributed by atoms with E-state index in [0.717, 1.165) is 55.7 Å². The van der Waals surface area contributed by atoms with E-state index in [2.05, 4.69) is 38.9 Å². The van der Waals surface area contributed by atoms with E-state index in [0.29, 0.717) is 0 Å². The molecule has 0 saturated carbocycles. The second-order valence-corrected chi connectivity index (χ2v) is 5.57. The molecule has 102 valence electrons. The van der Waals surface area contributed by atoms with Gasteiger partial charge < -0.3 is 15.5 Å². The van der Waals surface area contributed by atoms with E-state index >= 15 is 0 Å². The fourth-order valence-electron chi connectivity index (χ4n) is 2.27. The molecule has 0 aliphatic carbocycles. The monoisotopic (exact) mass is 277 g/mol. The number of nitrogens with one attached hydrogen (secondary N) is 2. The summed E-state index contributed by atoms with van der Waals surface area (Å²) in [6.07, 6.45) is 1.08. The Bertz CT molecular complexity index is 547. The Kier molecular flexibility index (Phi) is 3.79. The topological polar surface area (TPSA) is 53.1 Å². The second kappa shape index (κ2) is 5.71. The number of piperazine rings is 1. The quantitative estimate of drug-likeness (QED) is 0.894. The van der Waals surface area contributed by atoms with Crippen molar-refractivity contribution >= 4 is 33.3 Å². The van der Waals surface area contributed by atoms with Crippen molar-refractivity contribution < 1.29 is 0 Å². The highest BCUT2D eigenvalue weighted by Crippen LogP contribution is 2.29. The van der Waals surface area contributed by atoms with E-state index in [-0.39, 0.29) is 0 Å². The van der Waals surface area contributed by atoms with E-state index in [1.165, 1.54) is 5.39 Å². The third-order valence-corrected chi connectivity index (χ3v) is 4.06. The van der Waals surface area contributed by atoms with Gasteiger partial charge in [-0.3, -0.25) is 0 Å². The summed E-state index contributed by atoms with van der Waals surface area (Å²) < 4.78 is 0. The Hall–Kier alpha value is -1.40. The van der Waals surface area contributed by atoms with Gasteiger partial charge in [-0.15, -0.1) is 11.3 Å². The lowest BCUT2D eigenvalue weighted by Gasteiger charge is -2.29. The molecule has 19 heavy (non-hydrogen) atoms. The molecule has 2 aromatic heterocycles. The highest BCUT2D eigenvalue weighted by Gasteiger charge is 2.17. The van der Waals surface area contributed by atoms with Gasteiger partial charge in [-0.25, -0.2) is 4.98 Å². The third-order valence-electron chi connectivity index (χ3n) is 3.25. The first-order valence-electron chi connectivity index (χ1n) is 6.83. The lowest BCUT2D eigenvalue weighted by Crippen LogP contribution is -2.44. The van der Waals surface area contributed by atoms with E-state index in [1.54, 1.807) is 11.3 Å². The molecule has 0 radical (unpaired) electrons. The molecule has 0 spiro atoms. The van der Waals surface area contributed by atoms with Crippen molar-refractivity contribution in [3.63, 3.8) is 0 Å². The van der Waals surface area contributed by atoms with Gasteiger partial charge in [0.05, 0.1) is 5.39 Å². The molecular formula is C13H19N5S. The maximum absolute atomic E-state index is 4.72. The average molecular weight is 277 g/mol. The van der Waals surface area contributed by atoms with Crippen LogP contribution in [0.2, 0.25) is 0 Å². The van der Waals surface area contributed by atoms with Crippen LogP contribution in [0, 0.1) is 0 Å². The third kappa shape index (κ3) is 2.64. The van der Waals surface area contributed by atoms with Gasteiger partial charge in [0.15, 0.2) is 0 Å². The Balaban J connectivity index is 1.97. The molecule has 0 atom stereocenters. The van der Waals surface area contributed by atoms with Crippen LogP contribution in [-0.4, -0.2) is 42.7 Å². The highest BCUT2D eigenvalue weighted by molar-refractivity contribution is 7.16. The summed E-state index contributed by atoms with van der Waals surface area (Å²) in [4.78, 5) is 12.7. The Labute approximate surface area is 117 Å². The molecule has 1 saturated heterocycles. The van der Waals surface area contributed by atoms with Crippen LogP contribution in [0.4, 0.5) is 11.8 Å². The molecule has 0 bridgehead atoms. The van der Waals surface area contributed by atoms with Crippen molar-refractivity contribution in [2.24, 2.45) is 0 Å². The van der Waals surface area contributed by atoms with Gasteiger partial charge in [-0.1, -0.05) is 6.92 Å². The Morgan fingerprint density at radius 1 is 1.37 bits per heavy atom. The molecule has 3 heterocycles. The van der Waals surface area contributed by atoms with Gasteiger partial charge in [-0.05, 0) is 17.9 Å². The number of anilines is 2. The van der Waals surface area contributed by atoms with Gasteiger partial charge in [-0.2, -0.15) is 4.98 Å². The van der Waals surface area contributed by atoms with Crippen LogP contribution in [0.3, 0.4) is 0 Å². The zero-order valence-electron chi connectivity index (χ0n) is 11.1. The molecule has 0 amide bonds. The minimum absolute atomic E-state index is 0.755. The van der Waals surface area contributed by atoms with E-state index in [4.69, 9.17) is 4.98 Å². The smallest absolute Gasteiger partial charge is 0.226 e. The fraction of sp³-hybridized carbons (Fsp3) is 0.538. The van der Waals surface area contributed by atoms with Gasteiger partial charge in [0.1, 0.15) is 10.6 Å². The van der Waals surface area contributed by atoms with Gasteiger partial charge in [0.25, 0.3) is 0 Å². The van der Waals surface area contributed by atoms with Crippen molar-refractivity contribution in [2.75, 3.05) is 42.9 Å². The molecule has 1 fully saturated rings. The van der Waals surface area contributed by atoms with Crippen molar-refractivity contribution in [2.45, 2.75) is 13.3 Å². The molecule has 2 aromatic rings. The molecule has 0 aromatic carbocycles. The molecular weight excluding hydrogens is 258 g/mol. The summed E-state index contributed by atoms with van der Waals surface area (Å²) >= 11 is 1.68. The second-order valence-electron chi connectivity index (χ2n) is 4.67. The normalized spacial score (nSPS) is 15.9. The van der Waals surface area contributed by atoms with Crippen LogP contribution in [0.5, 0.6) is 0 Å². The number of hydrogen-bond acceptors (Lipinski definition) is 6. The largest absolute Gasteiger partial charge is 0.354 e. The van der Waals surface area contributed by atoms with Crippen molar-refractivity contribution in [3.8, 4) is 0 Å². The predicted octanol–water partition coefficient (Wildman–Crippen LogP) is 1.92. The Morgan fingerprint density at radius 2 is 2.21 bits per heavy atom. The van der Waals surface area contributed by atoms with Crippen molar-refractivity contribution in [1.29, 1.82) is 0 Å². The van der Waals surface area contributed by atoms with Crippen LogP contribution in [0.1, 0.15) is 13.3 Å². The number of thiophene rings is 1. The summed E-state index contributed by atoms with van der Waals surface area (Å²) in [5.41, 5.74) is 0. The summed E-state index contributed by atoms with van der Waals surface area (Å²) in [5.74, 6) is 1.83. The minimum atomic E-state index is 0.755. The van der Waals surface area contributed by atoms with Crippen molar-refractivity contribution in [1.82, 2.24) is 15.3 Å². The average Bonchev–Trinajstić information content (AvgIpc) is 2.93. The SMILES string of the molecule is CCCNc1nc(N2CCNCC2)c2ccsc2n1. The standard InChI is InChI=1S/C13H19N5S/c1-2-4-15-13-16-11(18-7-5-14-6-8-18)10-3-9-19-12(10)17-13/h3,9,14H,2,4-8H2,1H3,(H,15,16,17). The first-order chi connectivity index (χ1) is 9.38. The number of fused-ring (bicyclic) bond motifs is 1. The molecule has 1 aliphatic heterocycles. The summed E-state index contributed by atoms with van der Waals surface area (Å²) in [6, 6.07) is 2.13. The van der Waals surface area contributed by atoms with E-state index in [9.17, 15) is 0 Å². The van der Waals surface area contributed by atoms with Crippen LogP contribution >= 0.6 is 11.3 Å². The van der Waals surface area contributed by atoms with E-state index in [1.807, 2.05) is 0 Å². The highest BCUT2D eigenvalue weighted by atomic mass is 32.1. The zero-order chi connectivity index (χ0) is 13.1. The summed E-state index contributed by atoms with van der Waals surface area (Å²) in [7, 11) is 0. The predicted molar refractivity (Wildman–Crippen MR) is 81.3 cm³/mol. The molecule has 5 nitrogen and oxygen atoms in total. The zero-order valence-corrected chi connectivity index (χ0v) is 12.0. The minimum Gasteiger partial charge on any atom is -0.354 e. The number of hydrogen-bond donors (Lipinski definition) is 2.